The number of amides is 1. The molecule has 1 saturated heterocycles. The first-order valence-electron chi connectivity index (χ1n) is 5.65. The highest BCUT2D eigenvalue weighted by atomic mass is 19.1. The number of carbonyl (C=O) groups excluding carboxylic acids is 2. The van der Waals surface area contributed by atoms with Crippen molar-refractivity contribution in [2.24, 2.45) is 0 Å². The molecule has 1 aliphatic heterocycles. The van der Waals surface area contributed by atoms with Crippen LogP contribution in [-0.4, -0.2) is 29.7 Å². The molecule has 1 fully saturated rings. The van der Waals surface area contributed by atoms with Crippen molar-refractivity contribution >= 4 is 11.7 Å². The number of hydrogen-bond donors (Lipinski definition) is 0. The van der Waals surface area contributed by atoms with Crippen LogP contribution in [0.25, 0.3) is 0 Å². The minimum atomic E-state index is -0.340. The van der Waals surface area contributed by atoms with Crippen LogP contribution in [0.3, 0.4) is 0 Å². The average Bonchev–Trinajstić information content (AvgIpc) is 2.29. The van der Waals surface area contributed by atoms with Gasteiger partial charge < -0.3 is 4.90 Å². The van der Waals surface area contributed by atoms with Crippen LogP contribution in [-0.2, 0) is 4.79 Å². The second-order valence-electron chi connectivity index (χ2n) is 4.29. The van der Waals surface area contributed by atoms with Crippen LogP contribution in [0.2, 0.25) is 0 Å². The second kappa shape index (κ2) is 4.65. The fourth-order valence-corrected chi connectivity index (χ4v) is 2.00. The van der Waals surface area contributed by atoms with Crippen molar-refractivity contribution in [3.8, 4) is 0 Å². The molecule has 90 valence electrons. The Morgan fingerprint density at radius 2 is 1.94 bits per heavy atom. The molecule has 1 aromatic carbocycles. The lowest BCUT2D eigenvalue weighted by Crippen LogP contribution is -2.38. The largest absolute Gasteiger partial charge is 0.338 e. The Balaban J connectivity index is 2.16. The van der Waals surface area contributed by atoms with Crippen molar-refractivity contribution in [1.82, 2.24) is 4.90 Å². The molecule has 1 aliphatic rings. The summed E-state index contributed by atoms with van der Waals surface area (Å²) in [6.07, 6.45) is 0.845. The Kier molecular flexibility index (Phi) is 3.22. The summed E-state index contributed by atoms with van der Waals surface area (Å²) in [6, 6.07) is 4.14. The van der Waals surface area contributed by atoms with Crippen molar-refractivity contribution in [2.75, 3.05) is 13.1 Å². The van der Waals surface area contributed by atoms with E-state index in [2.05, 4.69) is 0 Å². The Morgan fingerprint density at radius 3 is 2.53 bits per heavy atom. The monoisotopic (exact) mass is 235 g/mol. The third kappa shape index (κ3) is 2.52. The topological polar surface area (TPSA) is 37.4 Å². The summed E-state index contributed by atoms with van der Waals surface area (Å²) in [5.41, 5.74) is 1.15. The summed E-state index contributed by atoms with van der Waals surface area (Å²) in [6.45, 7) is 2.65. The van der Waals surface area contributed by atoms with Gasteiger partial charge in [0.15, 0.2) is 0 Å². The molecule has 17 heavy (non-hydrogen) atoms. The molecule has 3 nitrogen and oxygen atoms in total. The lowest BCUT2D eigenvalue weighted by atomic mass is 10.0. The van der Waals surface area contributed by atoms with Gasteiger partial charge in [-0.1, -0.05) is 0 Å². The van der Waals surface area contributed by atoms with E-state index in [0.29, 0.717) is 37.1 Å². The Hall–Kier alpha value is -1.71. The SMILES string of the molecule is Cc1cc(F)ccc1C(=O)N1CCC(=O)CC1. The molecule has 4 heteroatoms. The first-order chi connectivity index (χ1) is 8.08. The van der Waals surface area contributed by atoms with Crippen LogP contribution in [0.15, 0.2) is 18.2 Å². The molecule has 0 aliphatic carbocycles. The maximum Gasteiger partial charge on any atom is 0.254 e. The van der Waals surface area contributed by atoms with Crippen molar-refractivity contribution in [3.63, 3.8) is 0 Å². The highest BCUT2D eigenvalue weighted by molar-refractivity contribution is 5.96. The number of ketones is 1. The quantitative estimate of drug-likeness (QED) is 0.746. The van der Waals surface area contributed by atoms with Crippen molar-refractivity contribution in [1.29, 1.82) is 0 Å². The van der Waals surface area contributed by atoms with E-state index in [1.807, 2.05) is 0 Å². The number of likely N-dealkylation sites (tertiary alicyclic amines) is 1. The molecule has 0 bridgehead atoms. The number of halogens is 1. The number of rotatable bonds is 1. The molecule has 0 radical (unpaired) electrons. The number of nitrogens with zero attached hydrogens (tertiary/aromatic N) is 1. The number of Topliss-reactive ketones (excluding diaryl/α,β-unsaturated/α-hetero) is 1. The lowest BCUT2D eigenvalue weighted by Gasteiger charge is -2.26. The van der Waals surface area contributed by atoms with Crippen LogP contribution < -0.4 is 0 Å². The van der Waals surface area contributed by atoms with E-state index in [-0.39, 0.29) is 17.5 Å². The van der Waals surface area contributed by atoms with E-state index >= 15 is 0 Å². The minimum Gasteiger partial charge on any atom is -0.338 e. The predicted octanol–water partition coefficient (Wildman–Crippen LogP) is 1.94. The van der Waals surface area contributed by atoms with Gasteiger partial charge >= 0.3 is 0 Å². The summed E-state index contributed by atoms with van der Waals surface area (Å²) in [5.74, 6) is -0.257. The van der Waals surface area contributed by atoms with Crippen molar-refractivity contribution in [3.05, 3.63) is 35.1 Å². The molecular formula is C13H14FNO2. The molecule has 1 amide bonds. The zero-order chi connectivity index (χ0) is 12.4. The Bertz CT molecular complexity index is 460. The van der Waals surface area contributed by atoms with Crippen LogP contribution in [0.5, 0.6) is 0 Å². The van der Waals surface area contributed by atoms with Gasteiger partial charge in [0, 0.05) is 31.5 Å². The first-order valence-corrected chi connectivity index (χ1v) is 5.65. The zero-order valence-corrected chi connectivity index (χ0v) is 9.70. The smallest absolute Gasteiger partial charge is 0.254 e. The van der Waals surface area contributed by atoms with E-state index in [9.17, 15) is 14.0 Å². The fourth-order valence-electron chi connectivity index (χ4n) is 2.00. The molecule has 0 aromatic heterocycles. The number of aryl methyl sites for hydroxylation is 1. The van der Waals surface area contributed by atoms with E-state index in [1.54, 1.807) is 11.8 Å². The molecule has 0 unspecified atom stereocenters. The molecular weight excluding hydrogens is 221 g/mol. The van der Waals surface area contributed by atoms with Crippen molar-refractivity contribution in [2.45, 2.75) is 19.8 Å². The maximum absolute atomic E-state index is 12.9. The highest BCUT2D eigenvalue weighted by Crippen LogP contribution is 2.15. The Labute approximate surface area is 99.2 Å². The summed E-state index contributed by atoms with van der Waals surface area (Å²) in [4.78, 5) is 24.9. The van der Waals surface area contributed by atoms with Gasteiger partial charge in [0.25, 0.3) is 5.91 Å². The lowest BCUT2D eigenvalue weighted by molar-refractivity contribution is -0.120. The van der Waals surface area contributed by atoms with E-state index < -0.39 is 0 Å². The molecule has 0 saturated carbocycles. The third-order valence-electron chi connectivity index (χ3n) is 3.03. The number of benzene rings is 1. The summed E-state index contributed by atoms with van der Waals surface area (Å²) < 4.78 is 12.9. The van der Waals surface area contributed by atoms with Gasteiger partial charge in [0.05, 0.1) is 0 Å². The maximum atomic E-state index is 12.9. The van der Waals surface area contributed by atoms with E-state index in [1.165, 1.54) is 18.2 Å². The van der Waals surface area contributed by atoms with E-state index in [4.69, 9.17) is 0 Å². The van der Waals surface area contributed by atoms with Gasteiger partial charge in [-0.2, -0.15) is 0 Å². The van der Waals surface area contributed by atoms with Gasteiger partial charge in [0.2, 0.25) is 0 Å². The van der Waals surface area contributed by atoms with Crippen molar-refractivity contribution < 1.29 is 14.0 Å². The van der Waals surface area contributed by atoms with Crippen LogP contribution in [0.4, 0.5) is 4.39 Å². The summed E-state index contributed by atoms with van der Waals surface area (Å²) in [7, 11) is 0. The van der Waals surface area contributed by atoms with Gasteiger partial charge in [-0.3, -0.25) is 9.59 Å². The molecule has 1 aromatic rings. The third-order valence-corrected chi connectivity index (χ3v) is 3.03. The summed E-state index contributed by atoms with van der Waals surface area (Å²) in [5, 5.41) is 0. The number of piperidine rings is 1. The van der Waals surface area contributed by atoms with Gasteiger partial charge in [-0.25, -0.2) is 4.39 Å². The Morgan fingerprint density at radius 1 is 1.29 bits per heavy atom. The molecule has 0 spiro atoms. The first kappa shape index (κ1) is 11.8. The van der Waals surface area contributed by atoms with Gasteiger partial charge in [-0.05, 0) is 30.7 Å². The second-order valence-corrected chi connectivity index (χ2v) is 4.29. The van der Waals surface area contributed by atoms with Gasteiger partial charge in [-0.15, -0.1) is 0 Å². The van der Waals surface area contributed by atoms with Crippen LogP contribution in [0, 0.1) is 12.7 Å². The average molecular weight is 235 g/mol. The minimum absolute atomic E-state index is 0.116. The molecule has 0 N–H and O–H groups in total. The van der Waals surface area contributed by atoms with Gasteiger partial charge in [0.1, 0.15) is 11.6 Å². The number of hydrogen-bond acceptors (Lipinski definition) is 2. The van der Waals surface area contributed by atoms with Crippen LogP contribution in [0.1, 0.15) is 28.8 Å². The molecule has 2 rings (SSSR count). The summed E-state index contributed by atoms with van der Waals surface area (Å²) >= 11 is 0. The molecule has 0 atom stereocenters. The standard InChI is InChI=1S/C13H14FNO2/c1-9-8-10(14)2-3-12(9)13(17)15-6-4-11(16)5-7-15/h2-3,8H,4-7H2,1H3. The fraction of sp³-hybridized carbons (Fsp3) is 0.385. The predicted molar refractivity (Wildman–Crippen MR) is 61.3 cm³/mol. The van der Waals surface area contributed by atoms with E-state index in [0.717, 1.165) is 0 Å². The number of carbonyl (C=O) groups is 2. The molecule has 1 heterocycles. The zero-order valence-electron chi connectivity index (χ0n) is 9.70. The van der Waals surface area contributed by atoms with Crippen LogP contribution >= 0.6 is 0 Å². The highest BCUT2D eigenvalue weighted by Gasteiger charge is 2.22. The normalized spacial score (nSPS) is 16.1.